The number of allylic oxidation sites excluding steroid dienone is 1. The number of hydrogen-bond donors (Lipinski definition) is 3. The van der Waals surface area contributed by atoms with Crippen LogP contribution in [0.1, 0.15) is 31.7 Å². The Morgan fingerprint density at radius 3 is 2.73 bits per heavy atom. The first-order valence-electron chi connectivity index (χ1n) is 11.4. The van der Waals surface area contributed by atoms with E-state index in [9.17, 15) is 9.18 Å². The number of piperazine rings is 1. The van der Waals surface area contributed by atoms with Gasteiger partial charge in [-0.25, -0.2) is 9.37 Å². The molecule has 8 nitrogen and oxygen atoms in total. The van der Waals surface area contributed by atoms with Gasteiger partial charge in [-0.3, -0.25) is 4.79 Å². The molecule has 9 heteroatoms. The summed E-state index contributed by atoms with van der Waals surface area (Å²) in [4.78, 5) is 24.5. The van der Waals surface area contributed by atoms with E-state index in [0.717, 1.165) is 56.5 Å². The SMILES string of the molecule is CCC/C=C\[C@H](CC(N)=O)Nc1nc(Nc2ccc(N3CCN(C)CC3)c(C)c2)ncc1F. The molecular weight excluding hydrogens is 421 g/mol. The summed E-state index contributed by atoms with van der Waals surface area (Å²) in [6.45, 7) is 8.22. The number of aromatic nitrogens is 2. The van der Waals surface area contributed by atoms with Crippen LogP contribution in [0.15, 0.2) is 36.5 Å². The van der Waals surface area contributed by atoms with E-state index in [4.69, 9.17) is 5.73 Å². The number of likely N-dealkylation sites (N-methyl/N-ethyl adjacent to an activating group) is 1. The van der Waals surface area contributed by atoms with Crippen LogP contribution >= 0.6 is 0 Å². The lowest BCUT2D eigenvalue weighted by molar-refractivity contribution is -0.118. The van der Waals surface area contributed by atoms with Crippen molar-refractivity contribution in [1.29, 1.82) is 0 Å². The molecular formula is C24H34FN7O. The largest absolute Gasteiger partial charge is 0.370 e. The Morgan fingerprint density at radius 1 is 1.30 bits per heavy atom. The molecule has 1 amide bonds. The van der Waals surface area contributed by atoms with E-state index < -0.39 is 17.8 Å². The van der Waals surface area contributed by atoms with Gasteiger partial charge in [0.1, 0.15) is 0 Å². The molecule has 2 aromatic rings. The molecule has 2 heterocycles. The second-order valence-electron chi connectivity index (χ2n) is 8.44. The molecule has 178 valence electrons. The second kappa shape index (κ2) is 11.6. The molecule has 0 aliphatic carbocycles. The summed E-state index contributed by atoms with van der Waals surface area (Å²) in [6, 6.07) is 5.66. The van der Waals surface area contributed by atoms with Gasteiger partial charge in [0.15, 0.2) is 11.6 Å². The molecule has 33 heavy (non-hydrogen) atoms. The minimum absolute atomic E-state index is 0.0191. The molecule has 4 N–H and O–H groups in total. The van der Waals surface area contributed by atoms with Crippen molar-refractivity contribution in [3.63, 3.8) is 0 Å². The molecule has 3 rings (SSSR count). The zero-order valence-corrected chi connectivity index (χ0v) is 19.6. The maximum absolute atomic E-state index is 14.4. The lowest BCUT2D eigenvalue weighted by Gasteiger charge is -2.35. The molecule has 1 aromatic carbocycles. The fraction of sp³-hybridized carbons (Fsp3) is 0.458. The van der Waals surface area contributed by atoms with E-state index in [2.05, 4.69) is 57.4 Å². The zero-order valence-electron chi connectivity index (χ0n) is 19.6. The minimum atomic E-state index is -0.597. The number of nitrogens with zero attached hydrogens (tertiary/aromatic N) is 4. The number of primary amides is 1. The molecule has 0 saturated carbocycles. The van der Waals surface area contributed by atoms with Crippen LogP contribution in [0, 0.1) is 12.7 Å². The van der Waals surface area contributed by atoms with E-state index >= 15 is 0 Å². The van der Waals surface area contributed by atoms with Gasteiger partial charge in [0.2, 0.25) is 11.9 Å². The molecule has 0 bridgehead atoms. The monoisotopic (exact) mass is 455 g/mol. The van der Waals surface area contributed by atoms with Gasteiger partial charge >= 0.3 is 0 Å². The lowest BCUT2D eigenvalue weighted by atomic mass is 10.1. The highest BCUT2D eigenvalue weighted by Crippen LogP contribution is 2.26. The Hall–Kier alpha value is -3.20. The Bertz CT molecular complexity index is 973. The van der Waals surface area contributed by atoms with Crippen molar-refractivity contribution < 1.29 is 9.18 Å². The smallest absolute Gasteiger partial charge is 0.229 e. The number of nitrogens with one attached hydrogen (secondary N) is 2. The quantitative estimate of drug-likeness (QED) is 0.472. The molecule has 0 unspecified atom stereocenters. The number of benzene rings is 1. The molecule has 1 aliphatic heterocycles. The summed E-state index contributed by atoms with van der Waals surface area (Å²) in [5.41, 5.74) is 8.53. The van der Waals surface area contributed by atoms with Crippen molar-refractivity contribution in [3.05, 3.63) is 47.9 Å². The van der Waals surface area contributed by atoms with Crippen LogP contribution < -0.4 is 21.3 Å². The van der Waals surface area contributed by atoms with Gasteiger partial charge in [-0.05, 0) is 44.2 Å². The molecule has 1 aliphatic rings. The molecule has 1 fully saturated rings. The number of halogens is 1. The third kappa shape index (κ3) is 7.15. The van der Waals surface area contributed by atoms with Crippen molar-refractivity contribution in [2.45, 2.75) is 39.2 Å². The number of carbonyl (C=O) groups is 1. The summed E-state index contributed by atoms with van der Waals surface area (Å²) in [7, 11) is 2.14. The lowest BCUT2D eigenvalue weighted by Crippen LogP contribution is -2.44. The highest BCUT2D eigenvalue weighted by molar-refractivity contribution is 5.75. The third-order valence-electron chi connectivity index (χ3n) is 5.61. The van der Waals surface area contributed by atoms with E-state index in [1.54, 1.807) is 0 Å². The first-order chi connectivity index (χ1) is 15.9. The Labute approximate surface area is 195 Å². The predicted molar refractivity (Wildman–Crippen MR) is 131 cm³/mol. The zero-order chi connectivity index (χ0) is 23.8. The van der Waals surface area contributed by atoms with Crippen LogP contribution in [0.5, 0.6) is 0 Å². The third-order valence-corrected chi connectivity index (χ3v) is 5.61. The average Bonchev–Trinajstić information content (AvgIpc) is 2.77. The number of aryl methyl sites for hydroxylation is 1. The summed E-state index contributed by atoms with van der Waals surface area (Å²) in [6.07, 6.45) is 6.76. The van der Waals surface area contributed by atoms with Gasteiger partial charge in [-0.1, -0.05) is 25.5 Å². The van der Waals surface area contributed by atoms with Crippen LogP contribution in [0.2, 0.25) is 0 Å². The molecule has 1 saturated heterocycles. The van der Waals surface area contributed by atoms with Crippen LogP contribution in [0.3, 0.4) is 0 Å². The maximum atomic E-state index is 14.4. The van der Waals surface area contributed by atoms with Crippen LogP contribution in [-0.4, -0.2) is 60.0 Å². The van der Waals surface area contributed by atoms with Gasteiger partial charge in [-0.2, -0.15) is 4.98 Å². The second-order valence-corrected chi connectivity index (χ2v) is 8.44. The fourth-order valence-corrected chi connectivity index (χ4v) is 3.78. The van der Waals surface area contributed by atoms with Gasteiger partial charge in [0.05, 0.1) is 18.7 Å². The topological polar surface area (TPSA) is 99.4 Å². The van der Waals surface area contributed by atoms with Gasteiger partial charge < -0.3 is 26.2 Å². The van der Waals surface area contributed by atoms with E-state index in [0.29, 0.717) is 0 Å². The predicted octanol–water partition coefficient (Wildman–Crippen LogP) is 3.43. The summed E-state index contributed by atoms with van der Waals surface area (Å²) >= 11 is 0. The number of rotatable bonds is 10. The van der Waals surface area contributed by atoms with Gasteiger partial charge in [0.25, 0.3) is 0 Å². The first-order valence-corrected chi connectivity index (χ1v) is 11.4. The summed E-state index contributed by atoms with van der Waals surface area (Å²) in [5, 5.41) is 6.12. The van der Waals surface area contributed by atoms with Crippen molar-refractivity contribution in [1.82, 2.24) is 14.9 Å². The van der Waals surface area contributed by atoms with Crippen molar-refractivity contribution in [3.8, 4) is 0 Å². The van der Waals surface area contributed by atoms with Crippen molar-refractivity contribution >= 4 is 29.0 Å². The maximum Gasteiger partial charge on any atom is 0.229 e. The molecule has 1 aromatic heterocycles. The standard InChI is InChI=1S/C24H34FN7O/c1-4-5-6-7-18(15-22(26)33)28-23-20(25)16-27-24(30-23)29-19-8-9-21(17(2)14-19)32-12-10-31(3)11-13-32/h6-9,14,16,18H,4-5,10-13,15H2,1-3H3,(H2,26,33)(H2,27,28,29,30)/b7-6-/t18-/m1/s1. The Balaban J connectivity index is 1.72. The fourth-order valence-electron chi connectivity index (χ4n) is 3.78. The number of unbranched alkanes of at least 4 members (excludes halogenated alkanes) is 1. The van der Waals surface area contributed by atoms with E-state index in [1.165, 1.54) is 5.69 Å². The number of nitrogens with two attached hydrogens (primary N) is 1. The van der Waals surface area contributed by atoms with Crippen LogP contribution in [-0.2, 0) is 4.79 Å². The Kier molecular flexibility index (Phi) is 8.59. The molecule has 1 atom stereocenters. The number of amides is 1. The normalized spacial score (nSPS) is 15.6. The number of hydrogen-bond acceptors (Lipinski definition) is 7. The van der Waals surface area contributed by atoms with Crippen molar-refractivity contribution in [2.75, 3.05) is 48.8 Å². The molecule has 0 radical (unpaired) electrons. The minimum Gasteiger partial charge on any atom is -0.370 e. The van der Waals surface area contributed by atoms with Crippen LogP contribution in [0.4, 0.5) is 27.5 Å². The molecule has 0 spiro atoms. The summed E-state index contributed by atoms with van der Waals surface area (Å²) < 4.78 is 14.4. The van der Waals surface area contributed by atoms with E-state index in [-0.39, 0.29) is 18.2 Å². The van der Waals surface area contributed by atoms with Gasteiger partial charge in [-0.15, -0.1) is 0 Å². The van der Waals surface area contributed by atoms with Crippen LogP contribution in [0.25, 0.3) is 0 Å². The number of anilines is 4. The first kappa shape index (κ1) is 24.4. The highest BCUT2D eigenvalue weighted by Gasteiger charge is 2.17. The Morgan fingerprint density at radius 2 is 2.06 bits per heavy atom. The van der Waals surface area contributed by atoms with Crippen molar-refractivity contribution in [2.24, 2.45) is 5.73 Å². The number of carbonyl (C=O) groups excluding carboxylic acids is 1. The highest BCUT2D eigenvalue weighted by atomic mass is 19.1. The van der Waals surface area contributed by atoms with E-state index in [1.807, 2.05) is 24.3 Å². The summed E-state index contributed by atoms with van der Waals surface area (Å²) in [5.74, 6) is -0.787. The average molecular weight is 456 g/mol. The van der Waals surface area contributed by atoms with Gasteiger partial charge in [0, 0.05) is 37.6 Å².